The summed E-state index contributed by atoms with van der Waals surface area (Å²) in [6.45, 7) is -0.173. The van der Waals surface area contributed by atoms with Gasteiger partial charge < -0.3 is 10.2 Å². The summed E-state index contributed by atoms with van der Waals surface area (Å²) in [5.41, 5.74) is 1.37. The Morgan fingerprint density at radius 2 is 2.00 bits per heavy atom. The summed E-state index contributed by atoms with van der Waals surface area (Å²) in [5.74, 6) is -0.971. The molecule has 0 fully saturated rings. The van der Waals surface area contributed by atoms with Gasteiger partial charge in [0.15, 0.2) is 0 Å². The minimum Gasteiger partial charge on any atom is -0.478 e. The van der Waals surface area contributed by atoms with E-state index in [0.29, 0.717) is 11.4 Å². The number of benzene rings is 1. The topological polar surface area (TPSA) is 88.2 Å². The van der Waals surface area contributed by atoms with Crippen LogP contribution in [0.5, 0.6) is 0 Å². The van der Waals surface area contributed by atoms with Crippen molar-refractivity contribution in [3.8, 4) is 5.69 Å². The Labute approximate surface area is 90.8 Å². The number of hydrogen-bond donors (Lipinski definition) is 2. The van der Waals surface area contributed by atoms with Crippen LogP contribution < -0.4 is 0 Å². The van der Waals surface area contributed by atoms with Gasteiger partial charge in [0.2, 0.25) is 0 Å². The summed E-state index contributed by atoms with van der Waals surface area (Å²) in [5, 5.41) is 25.0. The van der Waals surface area contributed by atoms with E-state index in [1.165, 1.54) is 16.8 Å². The lowest BCUT2D eigenvalue weighted by molar-refractivity contribution is 0.0697. The van der Waals surface area contributed by atoms with E-state index in [4.69, 9.17) is 10.2 Å². The van der Waals surface area contributed by atoms with Crippen LogP contribution >= 0.6 is 0 Å². The van der Waals surface area contributed by atoms with Crippen molar-refractivity contribution in [3.63, 3.8) is 0 Å². The second-order valence-electron chi connectivity index (χ2n) is 3.16. The van der Waals surface area contributed by atoms with Crippen LogP contribution in [0, 0.1) is 0 Å². The number of rotatable bonds is 3. The molecule has 82 valence electrons. The van der Waals surface area contributed by atoms with E-state index in [9.17, 15) is 4.79 Å². The summed E-state index contributed by atoms with van der Waals surface area (Å²) in [4.78, 5) is 10.6. The third-order valence-corrected chi connectivity index (χ3v) is 2.08. The van der Waals surface area contributed by atoms with Crippen molar-refractivity contribution in [1.29, 1.82) is 0 Å². The number of carboxylic acids is 1. The predicted octanol–water partition coefficient (Wildman–Crippen LogP) is 0.458. The van der Waals surface area contributed by atoms with Crippen LogP contribution in [0.25, 0.3) is 5.69 Å². The summed E-state index contributed by atoms with van der Waals surface area (Å²) >= 11 is 0. The zero-order chi connectivity index (χ0) is 11.5. The third kappa shape index (κ3) is 1.91. The average molecular weight is 219 g/mol. The quantitative estimate of drug-likeness (QED) is 0.782. The second-order valence-corrected chi connectivity index (χ2v) is 3.16. The lowest BCUT2D eigenvalue weighted by atomic mass is 10.2. The monoisotopic (exact) mass is 219 g/mol. The zero-order valence-corrected chi connectivity index (χ0v) is 8.24. The summed E-state index contributed by atoms with van der Waals surface area (Å²) in [6, 6.07) is 6.22. The molecule has 0 aliphatic carbocycles. The Kier molecular flexibility index (Phi) is 2.65. The molecule has 0 atom stereocenters. The lowest BCUT2D eigenvalue weighted by Crippen LogP contribution is -1.98. The second kappa shape index (κ2) is 4.11. The van der Waals surface area contributed by atoms with Gasteiger partial charge in [0.1, 0.15) is 5.69 Å². The van der Waals surface area contributed by atoms with Crippen LogP contribution in [-0.4, -0.2) is 31.2 Å². The van der Waals surface area contributed by atoms with Crippen LogP contribution in [0.15, 0.2) is 30.5 Å². The standard InChI is InChI=1S/C10H9N3O3/c14-6-8-5-13(12-11-8)9-3-1-7(2-4-9)10(15)16/h1-5,14H,6H2,(H,15,16). The van der Waals surface area contributed by atoms with E-state index in [-0.39, 0.29) is 12.2 Å². The number of hydrogen-bond acceptors (Lipinski definition) is 4. The third-order valence-electron chi connectivity index (χ3n) is 2.08. The van der Waals surface area contributed by atoms with E-state index in [1.807, 2.05) is 0 Å². The number of nitrogens with zero attached hydrogens (tertiary/aromatic N) is 3. The molecule has 0 bridgehead atoms. The Balaban J connectivity index is 2.30. The van der Waals surface area contributed by atoms with E-state index in [1.54, 1.807) is 18.3 Å². The fraction of sp³-hybridized carbons (Fsp3) is 0.100. The fourth-order valence-corrected chi connectivity index (χ4v) is 1.25. The molecule has 1 heterocycles. The molecule has 0 aliphatic heterocycles. The first-order valence-corrected chi connectivity index (χ1v) is 4.56. The molecule has 2 aromatic rings. The first-order chi connectivity index (χ1) is 7.70. The maximum atomic E-state index is 10.6. The maximum Gasteiger partial charge on any atom is 0.335 e. The van der Waals surface area contributed by atoms with Crippen molar-refractivity contribution in [2.75, 3.05) is 0 Å². The Hall–Kier alpha value is -2.21. The number of aliphatic hydroxyl groups excluding tert-OH is 1. The maximum absolute atomic E-state index is 10.6. The fourth-order valence-electron chi connectivity index (χ4n) is 1.25. The smallest absolute Gasteiger partial charge is 0.335 e. The molecular formula is C10H9N3O3. The van der Waals surface area contributed by atoms with Crippen molar-refractivity contribution in [1.82, 2.24) is 15.0 Å². The molecule has 1 aromatic carbocycles. The molecular weight excluding hydrogens is 210 g/mol. The SMILES string of the molecule is O=C(O)c1ccc(-n2cc(CO)nn2)cc1. The van der Waals surface area contributed by atoms with Crippen LogP contribution in [0.3, 0.4) is 0 Å². The molecule has 2 rings (SSSR count). The van der Waals surface area contributed by atoms with Gasteiger partial charge in [0, 0.05) is 0 Å². The Bertz CT molecular complexity index is 504. The van der Waals surface area contributed by atoms with Gasteiger partial charge in [-0.15, -0.1) is 5.10 Å². The Morgan fingerprint density at radius 1 is 1.31 bits per heavy atom. The molecule has 0 saturated carbocycles. The summed E-state index contributed by atoms with van der Waals surface area (Å²) < 4.78 is 1.47. The van der Waals surface area contributed by atoms with Crippen molar-refractivity contribution < 1.29 is 15.0 Å². The van der Waals surface area contributed by atoms with Gasteiger partial charge in [-0.3, -0.25) is 0 Å². The number of carboxylic acid groups (broad SMARTS) is 1. The summed E-state index contributed by atoms with van der Waals surface area (Å²) in [7, 11) is 0. The first-order valence-electron chi connectivity index (χ1n) is 4.56. The lowest BCUT2D eigenvalue weighted by Gasteiger charge is -1.99. The molecule has 6 heteroatoms. The van der Waals surface area contributed by atoms with Crippen molar-refractivity contribution in [2.24, 2.45) is 0 Å². The predicted molar refractivity (Wildman–Crippen MR) is 54.2 cm³/mol. The number of carbonyl (C=O) groups is 1. The van der Waals surface area contributed by atoms with Crippen LogP contribution in [0.1, 0.15) is 16.1 Å². The van der Waals surface area contributed by atoms with Gasteiger partial charge in [0.05, 0.1) is 24.1 Å². The molecule has 0 spiro atoms. The number of aliphatic hydroxyl groups is 1. The minimum atomic E-state index is -0.971. The molecule has 6 nitrogen and oxygen atoms in total. The van der Waals surface area contributed by atoms with E-state index in [2.05, 4.69) is 10.3 Å². The Morgan fingerprint density at radius 3 is 2.50 bits per heavy atom. The average Bonchev–Trinajstić information content (AvgIpc) is 2.77. The molecule has 16 heavy (non-hydrogen) atoms. The number of aromatic carboxylic acids is 1. The highest BCUT2D eigenvalue weighted by Crippen LogP contribution is 2.09. The van der Waals surface area contributed by atoms with Gasteiger partial charge in [-0.2, -0.15) is 0 Å². The van der Waals surface area contributed by atoms with Crippen LogP contribution in [0.2, 0.25) is 0 Å². The normalized spacial score (nSPS) is 10.3. The molecule has 2 N–H and O–H groups in total. The first kappa shape index (κ1) is 10.3. The highest BCUT2D eigenvalue weighted by Gasteiger charge is 2.04. The molecule has 0 radical (unpaired) electrons. The van der Waals surface area contributed by atoms with Crippen molar-refractivity contribution in [2.45, 2.75) is 6.61 Å². The van der Waals surface area contributed by atoms with E-state index < -0.39 is 5.97 Å². The minimum absolute atomic E-state index is 0.173. The van der Waals surface area contributed by atoms with Gasteiger partial charge in [-0.25, -0.2) is 9.48 Å². The number of aromatic nitrogens is 3. The van der Waals surface area contributed by atoms with Crippen LogP contribution in [0.4, 0.5) is 0 Å². The van der Waals surface area contributed by atoms with Gasteiger partial charge in [0.25, 0.3) is 0 Å². The van der Waals surface area contributed by atoms with Gasteiger partial charge in [-0.1, -0.05) is 5.21 Å². The highest BCUT2D eigenvalue weighted by molar-refractivity contribution is 5.87. The summed E-state index contributed by atoms with van der Waals surface area (Å²) in [6.07, 6.45) is 1.58. The van der Waals surface area contributed by atoms with E-state index in [0.717, 1.165) is 0 Å². The van der Waals surface area contributed by atoms with Crippen molar-refractivity contribution >= 4 is 5.97 Å². The molecule has 0 amide bonds. The molecule has 1 aromatic heterocycles. The van der Waals surface area contributed by atoms with Gasteiger partial charge >= 0.3 is 5.97 Å². The van der Waals surface area contributed by atoms with Crippen LogP contribution in [-0.2, 0) is 6.61 Å². The van der Waals surface area contributed by atoms with Crippen molar-refractivity contribution in [3.05, 3.63) is 41.7 Å². The largest absolute Gasteiger partial charge is 0.478 e. The molecule has 0 saturated heterocycles. The van der Waals surface area contributed by atoms with E-state index >= 15 is 0 Å². The highest BCUT2D eigenvalue weighted by atomic mass is 16.4. The molecule has 0 aliphatic rings. The zero-order valence-electron chi connectivity index (χ0n) is 8.24. The van der Waals surface area contributed by atoms with Gasteiger partial charge in [-0.05, 0) is 24.3 Å². The molecule has 0 unspecified atom stereocenters.